The second-order valence-corrected chi connectivity index (χ2v) is 9.55. The lowest BCUT2D eigenvalue weighted by molar-refractivity contribution is 0.106. The van der Waals surface area contributed by atoms with Crippen molar-refractivity contribution in [1.29, 1.82) is 0 Å². The molecule has 1 amide bonds. The number of furan rings is 1. The van der Waals surface area contributed by atoms with Crippen molar-refractivity contribution in [1.82, 2.24) is 9.88 Å². The van der Waals surface area contributed by atoms with Crippen LogP contribution >= 0.6 is 11.6 Å². The molecule has 3 aromatic rings. The minimum atomic E-state index is -0.861. The smallest absolute Gasteiger partial charge is 0.407 e. The van der Waals surface area contributed by atoms with E-state index < -0.39 is 6.09 Å². The molecule has 2 aromatic heterocycles. The Morgan fingerprint density at radius 2 is 2.18 bits per heavy atom. The van der Waals surface area contributed by atoms with Gasteiger partial charge in [0.25, 0.3) is 0 Å². The first kappa shape index (κ1) is 23.4. The Hall–Kier alpha value is -2.73. The van der Waals surface area contributed by atoms with Crippen LogP contribution in [0.4, 0.5) is 10.6 Å². The lowest BCUT2D eigenvalue weighted by atomic mass is 9.81. The zero-order chi connectivity index (χ0) is 23.4. The molecule has 0 radical (unpaired) electrons. The average Bonchev–Trinajstić information content (AvgIpc) is 3.33. The van der Waals surface area contributed by atoms with E-state index in [2.05, 4.69) is 30.9 Å². The molecule has 0 bridgehead atoms. The first-order valence-electron chi connectivity index (χ1n) is 11.8. The van der Waals surface area contributed by atoms with Gasteiger partial charge in [0.05, 0.1) is 24.1 Å². The van der Waals surface area contributed by atoms with E-state index in [4.69, 9.17) is 21.0 Å². The summed E-state index contributed by atoms with van der Waals surface area (Å²) in [7, 11) is 0. The summed E-state index contributed by atoms with van der Waals surface area (Å²) < 4.78 is 5.32. The van der Waals surface area contributed by atoms with Crippen molar-refractivity contribution in [2.45, 2.75) is 45.6 Å². The molecule has 1 aromatic carbocycles. The molecule has 3 atom stereocenters. The summed E-state index contributed by atoms with van der Waals surface area (Å²) in [5, 5.41) is 11.7. The number of unbranched alkanes of at least 4 members (excludes halogenated alkanes) is 1. The monoisotopic (exact) mass is 469 g/mol. The van der Waals surface area contributed by atoms with Gasteiger partial charge in [-0.05, 0) is 67.5 Å². The zero-order valence-corrected chi connectivity index (χ0v) is 20.0. The van der Waals surface area contributed by atoms with Crippen molar-refractivity contribution in [3.05, 3.63) is 59.5 Å². The van der Waals surface area contributed by atoms with Gasteiger partial charge >= 0.3 is 6.09 Å². The summed E-state index contributed by atoms with van der Waals surface area (Å²) in [4.78, 5) is 20.9. The van der Waals surface area contributed by atoms with E-state index in [1.165, 1.54) is 0 Å². The van der Waals surface area contributed by atoms with Crippen molar-refractivity contribution in [2.24, 2.45) is 11.8 Å². The van der Waals surface area contributed by atoms with Gasteiger partial charge in [0.1, 0.15) is 5.82 Å². The molecule has 1 N–H and O–H groups in total. The fraction of sp³-hybridized carbons (Fsp3) is 0.462. The van der Waals surface area contributed by atoms with Crippen LogP contribution in [-0.4, -0.2) is 40.7 Å². The average molecular weight is 470 g/mol. The Morgan fingerprint density at radius 1 is 1.33 bits per heavy atom. The van der Waals surface area contributed by atoms with Crippen LogP contribution in [0.3, 0.4) is 0 Å². The third-order valence-corrected chi connectivity index (χ3v) is 7.11. The molecule has 33 heavy (non-hydrogen) atoms. The van der Waals surface area contributed by atoms with E-state index in [1.807, 2.05) is 24.3 Å². The SMILES string of the molecule is CCCCN(C(=O)O)C(CC1CCN(c2ccc3cc(Cl)ccc3n2)CC1C)c1ccoc1. The van der Waals surface area contributed by atoms with Crippen molar-refractivity contribution in [2.75, 3.05) is 24.5 Å². The maximum Gasteiger partial charge on any atom is 0.407 e. The predicted molar refractivity (Wildman–Crippen MR) is 132 cm³/mol. The molecule has 3 unspecified atom stereocenters. The number of piperidine rings is 1. The van der Waals surface area contributed by atoms with Gasteiger partial charge in [-0.1, -0.05) is 31.9 Å². The van der Waals surface area contributed by atoms with Crippen molar-refractivity contribution in [3.8, 4) is 0 Å². The van der Waals surface area contributed by atoms with E-state index in [0.29, 0.717) is 23.4 Å². The number of aromatic nitrogens is 1. The quantitative estimate of drug-likeness (QED) is 0.390. The van der Waals surface area contributed by atoms with Crippen LogP contribution in [-0.2, 0) is 0 Å². The molecule has 0 saturated carbocycles. The molecule has 1 fully saturated rings. The lowest BCUT2D eigenvalue weighted by Crippen LogP contribution is -2.42. The zero-order valence-electron chi connectivity index (χ0n) is 19.3. The second-order valence-electron chi connectivity index (χ2n) is 9.12. The minimum absolute atomic E-state index is 0.185. The van der Waals surface area contributed by atoms with Gasteiger partial charge in [0.15, 0.2) is 0 Å². The fourth-order valence-electron chi connectivity index (χ4n) is 4.92. The van der Waals surface area contributed by atoms with Crippen LogP contribution in [0.1, 0.15) is 51.1 Å². The first-order valence-corrected chi connectivity index (χ1v) is 12.2. The number of fused-ring (bicyclic) bond motifs is 1. The number of hydrogen-bond acceptors (Lipinski definition) is 4. The number of carbonyl (C=O) groups is 1. The van der Waals surface area contributed by atoms with Crippen LogP contribution < -0.4 is 4.90 Å². The number of benzene rings is 1. The maximum atomic E-state index is 12.1. The van der Waals surface area contributed by atoms with Gasteiger partial charge < -0.3 is 19.3 Å². The predicted octanol–water partition coefficient (Wildman–Crippen LogP) is 6.86. The molecular weight excluding hydrogens is 438 g/mol. The van der Waals surface area contributed by atoms with Crippen LogP contribution in [0.25, 0.3) is 10.9 Å². The molecule has 176 valence electrons. The van der Waals surface area contributed by atoms with E-state index in [-0.39, 0.29) is 6.04 Å². The normalized spacial score (nSPS) is 19.5. The third kappa shape index (κ3) is 5.44. The molecule has 3 heterocycles. The number of amides is 1. The third-order valence-electron chi connectivity index (χ3n) is 6.87. The first-order chi connectivity index (χ1) is 16.0. The van der Waals surface area contributed by atoms with Crippen LogP contribution in [0.15, 0.2) is 53.3 Å². The van der Waals surface area contributed by atoms with Crippen molar-refractivity contribution in [3.63, 3.8) is 0 Å². The lowest BCUT2D eigenvalue weighted by Gasteiger charge is -2.40. The number of halogens is 1. The molecule has 6 nitrogen and oxygen atoms in total. The maximum absolute atomic E-state index is 12.1. The van der Waals surface area contributed by atoms with Crippen LogP contribution in [0, 0.1) is 11.8 Å². The molecule has 1 saturated heterocycles. The van der Waals surface area contributed by atoms with Crippen molar-refractivity contribution >= 4 is 34.4 Å². The summed E-state index contributed by atoms with van der Waals surface area (Å²) in [6.45, 7) is 6.69. The fourth-order valence-corrected chi connectivity index (χ4v) is 5.10. The highest BCUT2D eigenvalue weighted by Crippen LogP contribution is 2.37. The largest absolute Gasteiger partial charge is 0.472 e. The highest BCUT2D eigenvalue weighted by atomic mass is 35.5. The van der Waals surface area contributed by atoms with E-state index in [0.717, 1.165) is 61.1 Å². The molecule has 1 aliphatic rings. The summed E-state index contributed by atoms with van der Waals surface area (Å²) in [6, 6.07) is 11.6. The van der Waals surface area contributed by atoms with Gasteiger partial charge in [0, 0.05) is 35.6 Å². The summed E-state index contributed by atoms with van der Waals surface area (Å²) in [6.07, 6.45) is 6.07. The Morgan fingerprint density at radius 3 is 2.88 bits per heavy atom. The number of nitrogens with zero attached hydrogens (tertiary/aromatic N) is 3. The number of anilines is 1. The van der Waals surface area contributed by atoms with Gasteiger partial charge in [-0.3, -0.25) is 0 Å². The highest BCUT2D eigenvalue weighted by molar-refractivity contribution is 6.31. The van der Waals surface area contributed by atoms with Gasteiger partial charge in [-0.25, -0.2) is 9.78 Å². The molecule has 1 aliphatic heterocycles. The molecular formula is C26H32ClN3O3. The summed E-state index contributed by atoms with van der Waals surface area (Å²) in [5.41, 5.74) is 1.89. The van der Waals surface area contributed by atoms with E-state index in [9.17, 15) is 9.90 Å². The van der Waals surface area contributed by atoms with Gasteiger partial charge in [-0.15, -0.1) is 0 Å². The van der Waals surface area contributed by atoms with Crippen molar-refractivity contribution < 1.29 is 14.3 Å². The molecule has 7 heteroatoms. The Labute approximate surface area is 200 Å². The Kier molecular flexibility index (Phi) is 7.43. The molecule has 0 spiro atoms. The number of pyridine rings is 1. The van der Waals surface area contributed by atoms with Crippen LogP contribution in [0.2, 0.25) is 5.02 Å². The molecule has 4 rings (SSSR count). The Balaban J connectivity index is 1.48. The molecule has 0 aliphatic carbocycles. The number of rotatable bonds is 8. The topological polar surface area (TPSA) is 69.8 Å². The second kappa shape index (κ2) is 10.5. The van der Waals surface area contributed by atoms with E-state index >= 15 is 0 Å². The minimum Gasteiger partial charge on any atom is -0.472 e. The summed E-state index contributed by atoms with van der Waals surface area (Å²) >= 11 is 6.11. The Bertz CT molecular complexity index is 1070. The van der Waals surface area contributed by atoms with Gasteiger partial charge in [-0.2, -0.15) is 0 Å². The van der Waals surface area contributed by atoms with E-state index in [1.54, 1.807) is 17.4 Å². The highest BCUT2D eigenvalue weighted by Gasteiger charge is 2.33. The van der Waals surface area contributed by atoms with Gasteiger partial charge in [0.2, 0.25) is 0 Å². The number of carboxylic acid groups (broad SMARTS) is 1. The standard InChI is InChI=1S/C26H32ClN3O3/c1-3-4-11-30(26(31)32)24(21-10-13-33-17-21)15-19-9-12-29(16-18(19)2)25-8-5-20-14-22(27)6-7-23(20)28-25/h5-8,10,13-14,17-19,24H,3-4,9,11-12,15-16H2,1-2H3,(H,31,32). The van der Waals surface area contributed by atoms with Crippen LogP contribution in [0.5, 0.6) is 0 Å². The number of hydrogen-bond donors (Lipinski definition) is 1. The summed E-state index contributed by atoms with van der Waals surface area (Å²) in [5.74, 6) is 1.82.